The predicted octanol–water partition coefficient (Wildman–Crippen LogP) is 3.53. The molecule has 1 atom stereocenters. The molecule has 1 aromatic heterocycles. The summed E-state index contributed by atoms with van der Waals surface area (Å²) in [7, 11) is 0. The summed E-state index contributed by atoms with van der Waals surface area (Å²) in [6.07, 6.45) is 0. The van der Waals surface area contributed by atoms with Gasteiger partial charge in [0.2, 0.25) is 0 Å². The average molecular weight is 260 g/mol. The quantitative estimate of drug-likeness (QED) is 0.654. The fourth-order valence-corrected chi connectivity index (χ4v) is 3.18. The van der Waals surface area contributed by atoms with Crippen LogP contribution in [-0.2, 0) is 0 Å². The third-order valence-electron chi connectivity index (χ3n) is 3.41. The lowest BCUT2D eigenvalue weighted by atomic mass is 9.95. The molecule has 0 radical (unpaired) electrons. The van der Waals surface area contributed by atoms with Crippen molar-refractivity contribution in [2.75, 3.05) is 0 Å². The molecule has 96 valence electrons. The first kappa shape index (κ1) is 13.3. The fraction of sp³-hybridized carbons (Fsp3) is 0.333. The highest BCUT2D eigenvalue weighted by molar-refractivity contribution is 7.12. The first-order valence-corrected chi connectivity index (χ1v) is 6.94. The molecular weight excluding hydrogens is 240 g/mol. The molecule has 2 aromatic rings. The second-order valence-electron chi connectivity index (χ2n) is 4.84. The van der Waals surface area contributed by atoms with Gasteiger partial charge in [0.15, 0.2) is 0 Å². The first-order chi connectivity index (χ1) is 8.52. The van der Waals surface area contributed by atoms with Gasteiger partial charge in [0.05, 0.1) is 6.04 Å². The maximum Gasteiger partial charge on any atom is 0.0805 e. The Labute approximate surface area is 113 Å². The predicted molar refractivity (Wildman–Crippen MR) is 78.9 cm³/mol. The molecule has 0 fully saturated rings. The van der Waals surface area contributed by atoms with Crippen LogP contribution in [0.2, 0.25) is 0 Å². The smallest absolute Gasteiger partial charge is 0.0805 e. The van der Waals surface area contributed by atoms with E-state index in [1.165, 1.54) is 32.0 Å². The molecular formula is C15H20N2S. The number of nitrogens with two attached hydrogens (primary N) is 1. The molecule has 3 N–H and O–H groups in total. The second kappa shape index (κ2) is 5.22. The third kappa shape index (κ3) is 2.48. The van der Waals surface area contributed by atoms with E-state index < -0.39 is 0 Å². The minimum atomic E-state index is 0.0861. The van der Waals surface area contributed by atoms with Crippen LogP contribution < -0.4 is 11.3 Å². The second-order valence-corrected chi connectivity index (χ2v) is 6.16. The van der Waals surface area contributed by atoms with Crippen LogP contribution in [0.25, 0.3) is 0 Å². The summed E-state index contributed by atoms with van der Waals surface area (Å²) < 4.78 is 0. The van der Waals surface area contributed by atoms with Crippen molar-refractivity contribution in [3.8, 4) is 0 Å². The van der Waals surface area contributed by atoms with Crippen LogP contribution in [0, 0.1) is 27.7 Å². The van der Waals surface area contributed by atoms with Crippen molar-refractivity contribution in [1.82, 2.24) is 5.43 Å². The van der Waals surface area contributed by atoms with E-state index in [-0.39, 0.29) is 6.04 Å². The molecule has 0 spiro atoms. The van der Waals surface area contributed by atoms with Gasteiger partial charge in [-0.3, -0.25) is 5.84 Å². The highest BCUT2D eigenvalue weighted by Gasteiger charge is 2.17. The van der Waals surface area contributed by atoms with Crippen LogP contribution in [-0.4, -0.2) is 0 Å². The number of rotatable bonds is 3. The minimum absolute atomic E-state index is 0.0861. The van der Waals surface area contributed by atoms with Crippen molar-refractivity contribution >= 4 is 11.3 Å². The average Bonchev–Trinajstić information content (AvgIpc) is 2.73. The number of benzene rings is 1. The summed E-state index contributed by atoms with van der Waals surface area (Å²) in [5, 5.41) is 0. The van der Waals surface area contributed by atoms with Crippen molar-refractivity contribution in [3.05, 3.63) is 56.3 Å². The Bertz CT molecular complexity index is 558. The normalized spacial score (nSPS) is 12.7. The Morgan fingerprint density at radius 3 is 2.22 bits per heavy atom. The zero-order valence-corrected chi connectivity index (χ0v) is 12.2. The van der Waals surface area contributed by atoms with Gasteiger partial charge in [-0.1, -0.05) is 12.1 Å². The van der Waals surface area contributed by atoms with Crippen molar-refractivity contribution in [2.24, 2.45) is 5.84 Å². The molecule has 3 heteroatoms. The van der Waals surface area contributed by atoms with Crippen LogP contribution in [0.5, 0.6) is 0 Å². The van der Waals surface area contributed by atoms with Gasteiger partial charge in [-0.15, -0.1) is 11.3 Å². The van der Waals surface area contributed by atoms with Crippen molar-refractivity contribution in [1.29, 1.82) is 0 Å². The summed E-state index contributed by atoms with van der Waals surface area (Å²) in [6.45, 7) is 8.55. The van der Waals surface area contributed by atoms with Gasteiger partial charge in [-0.25, -0.2) is 5.43 Å². The van der Waals surface area contributed by atoms with Crippen LogP contribution in [0.1, 0.15) is 38.0 Å². The van der Waals surface area contributed by atoms with Crippen LogP contribution in [0.4, 0.5) is 0 Å². The molecule has 0 saturated heterocycles. The summed E-state index contributed by atoms with van der Waals surface area (Å²) in [6, 6.07) is 8.85. The Balaban J connectivity index is 2.48. The van der Waals surface area contributed by atoms with Gasteiger partial charge in [-0.05, 0) is 62.1 Å². The molecule has 1 aromatic carbocycles. The van der Waals surface area contributed by atoms with Gasteiger partial charge in [0.1, 0.15) is 0 Å². The van der Waals surface area contributed by atoms with E-state index in [0.717, 1.165) is 0 Å². The molecule has 0 saturated carbocycles. The van der Waals surface area contributed by atoms with E-state index in [1.54, 1.807) is 11.3 Å². The summed E-state index contributed by atoms with van der Waals surface area (Å²) in [5.74, 6) is 5.76. The SMILES string of the molecule is Cc1ccc(C(NN)c2cc(C)c(C)cc2C)s1. The number of hydrogen-bond acceptors (Lipinski definition) is 3. The lowest BCUT2D eigenvalue weighted by Gasteiger charge is -2.19. The maximum absolute atomic E-state index is 5.76. The molecule has 2 rings (SSSR count). The van der Waals surface area contributed by atoms with E-state index in [4.69, 9.17) is 5.84 Å². The van der Waals surface area contributed by atoms with E-state index in [1.807, 2.05) is 0 Å². The lowest BCUT2D eigenvalue weighted by molar-refractivity contribution is 0.642. The fourth-order valence-electron chi connectivity index (χ4n) is 2.23. The topological polar surface area (TPSA) is 38.0 Å². The third-order valence-corrected chi connectivity index (χ3v) is 4.47. The molecule has 0 bridgehead atoms. The molecule has 0 aliphatic rings. The molecule has 0 aliphatic carbocycles. The van der Waals surface area contributed by atoms with Crippen LogP contribution in [0.3, 0.4) is 0 Å². The Hall–Kier alpha value is -1.16. The standard InChI is InChI=1S/C15H20N2S/c1-9-7-11(3)13(8-10(9)2)15(17-16)14-6-5-12(4)18-14/h5-8,15,17H,16H2,1-4H3. The maximum atomic E-state index is 5.76. The van der Waals surface area contributed by atoms with Gasteiger partial charge in [0.25, 0.3) is 0 Å². The lowest BCUT2D eigenvalue weighted by Crippen LogP contribution is -2.28. The monoisotopic (exact) mass is 260 g/mol. The first-order valence-electron chi connectivity index (χ1n) is 6.13. The minimum Gasteiger partial charge on any atom is -0.271 e. The largest absolute Gasteiger partial charge is 0.271 e. The molecule has 1 unspecified atom stereocenters. The number of nitrogens with one attached hydrogen (secondary N) is 1. The van der Waals surface area contributed by atoms with Gasteiger partial charge in [0, 0.05) is 9.75 Å². The number of hydrazine groups is 1. The van der Waals surface area contributed by atoms with Crippen molar-refractivity contribution in [3.63, 3.8) is 0 Å². The van der Waals surface area contributed by atoms with Crippen molar-refractivity contribution < 1.29 is 0 Å². The molecule has 0 amide bonds. The number of thiophene rings is 1. The van der Waals surface area contributed by atoms with Gasteiger partial charge in [-0.2, -0.15) is 0 Å². The number of hydrogen-bond donors (Lipinski definition) is 2. The Kier molecular flexibility index (Phi) is 3.85. The van der Waals surface area contributed by atoms with Crippen LogP contribution >= 0.6 is 11.3 Å². The zero-order chi connectivity index (χ0) is 13.3. The summed E-state index contributed by atoms with van der Waals surface area (Å²) in [4.78, 5) is 2.58. The van der Waals surface area contributed by atoms with E-state index >= 15 is 0 Å². The summed E-state index contributed by atoms with van der Waals surface area (Å²) >= 11 is 1.79. The summed E-state index contributed by atoms with van der Waals surface area (Å²) in [5.41, 5.74) is 8.13. The highest BCUT2D eigenvalue weighted by atomic mass is 32.1. The Morgan fingerprint density at radius 2 is 1.67 bits per heavy atom. The van der Waals surface area contributed by atoms with Gasteiger partial charge >= 0.3 is 0 Å². The highest BCUT2D eigenvalue weighted by Crippen LogP contribution is 2.30. The van der Waals surface area contributed by atoms with E-state index in [2.05, 4.69) is 57.4 Å². The van der Waals surface area contributed by atoms with Crippen LogP contribution in [0.15, 0.2) is 24.3 Å². The van der Waals surface area contributed by atoms with Crippen molar-refractivity contribution in [2.45, 2.75) is 33.7 Å². The number of aryl methyl sites for hydroxylation is 4. The molecule has 18 heavy (non-hydrogen) atoms. The van der Waals surface area contributed by atoms with E-state index in [9.17, 15) is 0 Å². The molecule has 1 heterocycles. The molecule has 2 nitrogen and oxygen atoms in total. The molecule has 0 aliphatic heterocycles. The van der Waals surface area contributed by atoms with Gasteiger partial charge < -0.3 is 0 Å². The Morgan fingerprint density at radius 1 is 1.00 bits per heavy atom. The van der Waals surface area contributed by atoms with E-state index in [0.29, 0.717) is 0 Å². The zero-order valence-electron chi connectivity index (χ0n) is 11.4.